The number of benzene rings is 2. The van der Waals surface area contributed by atoms with Crippen molar-refractivity contribution in [3.05, 3.63) is 87.9 Å². The highest BCUT2D eigenvalue weighted by molar-refractivity contribution is 7.52. The molecule has 0 bridgehead atoms. The Bertz CT molecular complexity index is 1410. The molecule has 2 amide bonds. The number of carbonyl (C=O) groups excluding carboxylic acids is 3. The van der Waals surface area contributed by atoms with Crippen LogP contribution in [0.1, 0.15) is 19.4 Å². The summed E-state index contributed by atoms with van der Waals surface area (Å²) in [5, 5.41) is 17.5. The first-order valence-corrected chi connectivity index (χ1v) is 14.6. The zero-order valence-electron chi connectivity index (χ0n) is 23.1. The second-order valence-corrected chi connectivity index (χ2v) is 11.6. The van der Waals surface area contributed by atoms with Crippen molar-refractivity contribution in [3.63, 3.8) is 0 Å². The van der Waals surface area contributed by atoms with Crippen LogP contribution in [0.15, 0.2) is 72.0 Å². The number of nitrogens with two attached hydrogens (primary N) is 1. The fourth-order valence-corrected chi connectivity index (χ4v) is 5.60. The number of hydrogen-bond acceptors (Lipinski definition) is 10. The van der Waals surface area contributed by atoms with Gasteiger partial charge in [-0.1, -0.05) is 47.0 Å². The smallest absolute Gasteiger partial charge is 0.459 e. The molecule has 0 radical (unpaired) electrons. The van der Waals surface area contributed by atoms with Gasteiger partial charge >= 0.3 is 13.7 Å². The van der Waals surface area contributed by atoms with Gasteiger partial charge in [0.05, 0.1) is 12.7 Å². The minimum atomic E-state index is -4.42. The molecule has 1 heterocycles. The summed E-state index contributed by atoms with van der Waals surface area (Å²) in [4.78, 5) is 39.2. The predicted octanol–water partition coefficient (Wildman–Crippen LogP) is 3.18. The van der Waals surface area contributed by atoms with Gasteiger partial charge in [0, 0.05) is 22.2 Å². The summed E-state index contributed by atoms with van der Waals surface area (Å²) in [5.41, 5.74) is 13.2. The van der Waals surface area contributed by atoms with E-state index in [9.17, 15) is 24.1 Å². The van der Waals surface area contributed by atoms with Gasteiger partial charge in [-0.2, -0.15) is 5.09 Å². The topological polar surface area (TPSA) is 215 Å². The van der Waals surface area contributed by atoms with E-state index in [2.05, 4.69) is 15.1 Å². The molecule has 1 aliphatic rings. The molecule has 0 spiro atoms. The van der Waals surface area contributed by atoms with Gasteiger partial charge in [0.1, 0.15) is 36.3 Å². The molecule has 1 fully saturated rings. The molecule has 0 aromatic heterocycles. The third-order valence-corrected chi connectivity index (χ3v) is 8.09. The van der Waals surface area contributed by atoms with Crippen LogP contribution in [0.5, 0.6) is 5.75 Å². The number of aliphatic hydroxyl groups is 1. The number of esters is 1. The Morgan fingerprint density at radius 3 is 2.58 bits per heavy atom. The number of rotatable bonds is 15. The molecule has 17 heteroatoms. The summed E-state index contributed by atoms with van der Waals surface area (Å²) in [6.07, 6.45) is -2.24. The monoisotopic (exact) mass is 636 g/mol. The molecule has 2 aromatic rings. The first-order valence-electron chi connectivity index (χ1n) is 12.7. The summed E-state index contributed by atoms with van der Waals surface area (Å²) in [7, 11) is -4.42. The number of amides is 2. The SMILES string of the molecule is C[C@H](NP(=O)(OC[C@H]1O[C@@H](N(C=O)/C=C\C(N)=O)[C@](C)(N=[N+]=[N-])[C@@H]1O)Oc1ccc(Cl)cc1)C(=O)OCc1ccccc1. The second-order valence-electron chi connectivity index (χ2n) is 9.44. The van der Waals surface area contributed by atoms with Crippen molar-refractivity contribution >= 4 is 37.6 Å². The molecule has 15 nitrogen and oxygen atoms in total. The first kappa shape index (κ1) is 33.6. The van der Waals surface area contributed by atoms with Crippen molar-refractivity contribution in [2.45, 2.75) is 50.5 Å². The van der Waals surface area contributed by atoms with E-state index in [0.717, 1.165) is 22.7 Å². The Morgan fingerprint density at radius 1 is 1.30 bits per heavy atom. The maximum Gasteiger partial charge on any atom is 0.459 e. The lowest BCUT2D eigenvalue weighted by Gasteiger charge is -2.31. The third kappa shape index (κ3) is 9.02. The average molecular weight is 637 g/mol. The van der Waals surface area contributed by atoms with E-state index in [1.54, 1.807) is 24.3 Å². The molecule has 0 aliphatic carbocycles. The Morgan fingerprint density at radius 2 is 1.98 bits per heavy atom. The van der Waals surface area contributed by atoms with Crippen molar-refractivity contribution in [2.75, 3.05) is 6.61 Å². The zero-order chi connectivity index (χ0) is 31.6. The molecule has 4 N–H and O–H groups in total. The number of primary amides is 1. The highest BCUT2D eigenvalue weighted by Gasteiger charge is 2.55. The quantitative estimate of drug-likeness (QED) is 0.0493. The van der Waals surface area contributed by atoms with Gasteiger partial charge in [0.15, 0.2) is 0 Å². The summed E-state index contributed by atoms with van der Waals surface area (Å²) in [5.74, 6) is -1.57. The largest absolute Gasteiger partial charge is 0.460 e. The van der Waals surface area contributed by atoms with Crippen LogP contribution >= 0.6 is 19.3 Å². The van der Waals surface area contributed by atoms with Gasteiger partial charge in [-0.05, 0) is 49.2 Å². The van der Waals surface area contributed by atoms with E-state index >= 15 is 0 Å². The summed E-state index contributed by atoms with van der Waals surface area (Å²) in [6.45, 7) is 2.03. The molecule has 1 saturated heterocycles. The zero-order valence-corrected chi connectivity index (χ0v) is 24.7. The van der Waals surface area contributed by atoms with Gasteiger partial charge in [-0.25, -0.2) is 4.57 Å². The lowest BCUT2D eigenvalue weighted by atomic mass is 9.93. The molecule has 230 valence electrons. The minimum Gasteiger partial charge on any atom is -0.460 e. The maximum atomic E-state index is 13.9. The van der Waals surface area contributed by atoms with Crippen LogP contribution in [-0.2, 0) is 39.6 Å². The van der Waals surface area contributed by atoms with E-state index in [4.69, 9.17) is 41.4 Å². The van der Waals surface area contributed by atoms with Gasteiger partial charge < -0.3 is 24.8 Å². The lowest BCUT2D eigenvalue weighted by molar-refractivity contribution is -0.146. The van der Waals surface area contributed by atoms with Crippen LogP contribution in [0.2, 0.25) is 5.02 Å². The molecule has 3 rings (SSSR count). The van der Waals surface area contributed by atoms with Crippen molar-refractivity contribution in [1.82, 2.24) is 9.99 Å². The number of azide groups is 1. The third-order valence-electron chi connectivity index (χ3n) is 6.20. The number of hydrogen-bond donors (Lipinski definition) is 3. The van der Waals surface area contributed by atoms with Gasteiger partial charge in [-0.15, -0.1) is 0 Å². The summed E-state index contributed by atoms with van der Waals surface area (Å²) in [6, 6.07) is 13.5. The standard InChI is InChI=1S/C26H30ClN6O9P/c1-17(24(37)39-14-18-6-4-3-5-7-18)30-43(38,42-20-10-8-19(27)9-11-20)40-15-21-23(36)26(2,31-32-29)25(41-21)33(16-34)13-12-22(28)35/h3-13,16-17,21,23,25,36H,14-15H2,1-2H3,(H2,28,35)(H,30,38)/b13-12-/t17-,21+,23+,25+,26+,43?/m0/s1. The van der Waals surface area contributed by atoms with Gasteiger partial charge in [0.2, 0.25) is 12.3 Å². The number of ether oxygens (including phenoxy) is 2. The molecule has 1 aliphatic heterocycles. The van der Waals surface area contributed by atoms with Crippen LogP contribution in [0.3, 0.4) is 0 Å². The van der Waals surface area contributed by atoms with Gasteiger partial charge in [-0.3, -0.25) is 23.8 Å². The van der Waals surface area contributed by atoms with E-state index in [1.165, 1.54) is 38.1 Å². The van der Waals surface area contributed by atoms with Crippen molar-refractivity contribution in [3.8, 4) is 5.75 Å². The number of halogens is 1. The van der Waals surface area contributed by atoms with Crippen molar-refractivity contribution < 1.29 is 42.6 Å². The van der Waals surface area contributed by atoms with E-state index in [-0.39, 0.29) is 18.8 Å². The highest BCUT2D eigenvalue weighted by atomic mass is 35.5. The Kier molecular flexibility index (Phi) is 11.7. The minimum absolute atomic E-state index is 0.0339. The Balaban J connectivity index is 1.80. The van der Waals surface area contributed by atoms with Gasteiger partial charge in [0.25, 0.3) is 0 Å². The van der Waals surface area contributed by atoms with Crippen LogP contribution < -0.4 is 15.3 Å². The van der Waals surface area contributed by atoms with Crippen molar-refractivity contribution in [1.29, 1.82) is 0 Å². The van der Waals surface area contributed by atoms with Crippen molar-refractivity contribution in [2.24, 2.45) is 10.8 Å². The molecule has 43 heavy (non-hydrogen) atoms. The molecule has 1 unspecified atom stereocenters. The fraction of sp³-hybridized carbons (Fsp3) is 0.346. The average Bonchev–Trinajstić information content (AvgIpc) is 3.22. The van der Waals surface area contributed by atoms with Crippen LogP contribution in [0.25, 0.3) is 10.4 Å². The predicted molar refractivity (Wildman–Crippen MR) is 153 cm³/mol. The fourth-order valence-electron chi connectivity index (χ4n) is 3.98. The maximum absolute atomic E-state index is 13.9. The lowest BCUT2D eigenvalue weighted by Crippen LogP contribution is -2.49. The number of aliphatic hydroxyl groups excluding tert-OH is 1. The van der Waals surface area contributed by atoms with Crippen LogP contribution in [0, 0.1) is 0 Å². The van der Waals surface area contributed by atoms with Crippen LogP contribution in [-0.4, -0.2) is 64.9 Å². The van der Waals surface area contributed by atoms with Crippen LogP contribution in [0.4, 0.5) is 0 Å². The Labute approximate surface area is 251 Å². The number of nitrogens with zero attached hydrogens (tertiary/aromatic N) is 4. The molecular formula is C26H30ClN6O9P. The molecular weight excluding hydrogens is 607 g/mol. The summed E-state index contributed by atoms with van der Waals surface area (Å²) >= 11 is 5.93. The Hall–Kier alpha value is -3.94. The van der Waals surface area contributed by atoms with E-state index in [1.807, 2.05) is 6.07 Å². The normalized spacial score (nSPS) is 23.5. The van der Waals surface area contributed by atoms with E-state index < -0.39 is 56.2 Å². The van der Waals surface area contributed by atoms with E-state index in [0.29, 0.717) is 5.02 Å². The summed E-state index contributed by atoms with van der Waals surface area (Å²) < 4.78 is 36.2. The molecule has 6 atom stereocenters. The molecule has 2 aromatic carbocycles. The number of carbonyl (C=O) groups is 3. The first-order chi connectivity index (χ1) is 20.4. The highest BCUT2D eigenvalue weighted by Crippen LogP contribution is 2.47. The second kappa shape index (κ2) is 15.0. The number of nitrogens with one attached hydrogen (secondary N) is 1. The molecule has 0 saturated carbocycles.